The predicted octanol–water partition coefficient (Wildman–Crippen LogP) is 0.682. The number of hydrogen-bond acceptors (Lipinski definition) is 1. The summed E-state index contributed by atoms with van der Waals surface area (Å²) in [6.45, 7) is 4.01. The Morgan fingerprint density at radius 1 is 1.30 bits per heavy atom. The molecule has 0 saturated heterocycles. The van der Waals surface area contributed by atoms with E-state index in [1.165, 1.54) is 5.22 Å². The molecule has 52 valence electrons. The third-order valence-corrected chi connectivity index (χ3v) is 1.46. The quantitative estimate of drug-likeness (QED) is 0.507. The Morgan fingerprint density at radius 2 is 2.10 bits per heavy atom. The van der Waals surface area contributed by atoms with Crippen molar-refractivity contribution in [3.63, 3.8) is 0 Å². The van der Waals surface area contributed by atoms with E-state index < -0.39 is 0 Å². The van der Waals surface area contributed by atoms with E-state index in [0.717, 1.165) is 5.35 Å². The second-order valence-electron chi connectivity index (χ2n) is 2.06. The minimum Gasteiger partial charge on any atom is -0.257 e. The van der Waals surface area contributed by atoms with Gasteiger partial charge in [0.2, 0.25) is 0 Å². The van der Waals surface area contributed by atoms with Crippen LogP contribution in [0.15, 0.2) is 18.3 Å². The number of hydrogen-bond donors (Lipinski definition) is 0. The van der Waals surface area contributed by atoms with Crippen molar-refractivity contribution in [1.82, 2.24) is 4.98 Å². The van der Waals surface area contributed by atoms with Crippen LogP contribution in [0.5, 0.6) is 0 Å². The third-order valence-electron chi connectivity index (χ3n) is 1.46. The second-order valence-corrected chi connectivity index (χ2v) is 2.06. The Kier molecular flexibility index (Phi) is 2.21. The average molecular weight is 133 g/mol. The first-order valence-corrected chi connectivity index (χ1v) is 3.42. The third kappa shape index (κ3) is 1.24. The molecule has 0 bridgehead atoms. The minimum absolute atomic E-state index is 1.06. The highest BCUT2D eigenvalue weighted by molar-refractivity contribution is 5.24. The van der Waals surface area contributed by atoms with Gasteiger partial charge in [-0.3, -0.25) is 4.98 Å². The van der Waals surface area contributed by atoms with Gasteiger partial charge >= 0.3 is 0 Å². The van der Waals surface area contributed by atoms with Crippen molar-refractivity contribution in [3.8, 4) is 0 Å². The largest absolute Gasteiger partial charge is 0.257 e. The van der Waals surface area contributed by atoms with Crippen LogP contribution in [0.3, 0.4) is 0 Å². The highest BCUT2D eigenvalue weighted by Gasteiger charge is 1.78. The van der Waals surface area contributed by atoms with Gasteiger partial charge in [-0.1, -0.05) is 18.2 Å². The van der Waals surface area contributed by atoms with Gasteiger partial charge in [0, 0.05) is 6.20 Å². The Morgan fingerprint density at radius 3 is 2.60 bits per heavy atom. The molecule has 1 aromatic heterocycles. The maximum Gasteiger partial charge on any atom is 0.0656 e. The molecule has 1 heterocycles. The van der Waals surface area contributed by atoms with Crippen LogP contribution in [0.25, 0.3) is 12.2 Å². The SMILES string of the molecule is CC=c1cccnc1=CC. The monoisotopic (exact) mass is 133 g/mol. The average Bonchev–Trinajstić information content (AvgIpc) is 2.04. The molecular formula is C9H11N. The molecule has 1 aromatic rings. The zero-order chi connectivity index (χ0) is 7.40. The van der Waals surface area contributed by atoms with E-state index >= 15 is 0 Å². The summed E-state index contributed by atoms with van der Waals surface area (Å²) in [6.07, 6.45) is 5.88. The van der Waals surface area contributed by atoms with Crippen LogP contribution in [-0.4, -0.2) is 4.98 Å². The molecule has 1 rings (SSSR count). The van der Waals surface area contributed by atoms with Gasteiger partial charge in [0.05, 0.1) is 5.35 Å². The molecule has 1 heteroatoms. The van der Waals surface area contributed by atoms with Crippen molar-refractivity contribution in [2.75, 3.05) is 0 Å². The van der Waals surface area contributed by atoms with Gasteiger partial charge in [-0.15, -0.1) is 0 Å². The van der Waals surface area contributed by atoms with Crippen LogP contribution in [-0.2, 0) is 0 Å². The van der Waals surface area contributed by atoms with E-state index in [4.69, 9.17) is 0 Å². The van der Waals surface area contributed by atoms with E-state index in [2.05, 4.69) is 17.1 Å². The fraction of sp³-hybridized carbons (Fsp3) is 0.222. The maximum absolute atomic E-state index is 4.18. The highest BCUT2D eigenvalue weighted by Crippen LogP contribution is 1.66. The van der Waals surface area contributed by atoms with E-state index in [1.807, 2.05) is 32.2 Å². The molecule has 1 nitrogen and oxygen atoms in total. The summed E-state index contributed by atoms with van der Waals surface area (Å²) >= 11 is 0. The zero-order valence-electron chi connectivity index (χ0n) is 6.33. The molecule has 0 spiro atoms. The zero-order valence-corrected chi connectivity index (χ0v) is 6.33. The molecule has 0 radical (unpaired) electrons. The molecule has 0 fully saturated rings. The van der Waals surface area contributed by atoms with Crippen molar-refractivity contribution in [3.05, 3.63) is 28.9 Å². The normalized spacial score (nSPS) is 14.2. The standard InChI is InChI=1S/C9H11N/c1-3-8-6-5-7-10-9(8)4-2/h3-7H,1-2H3. The number of nitrogens with zero attached hydrogens (tertiary/aromatic N) is 1. The Hall–Kier alpha value is -1.11. The van der Waals surface area contributed by atoms with Crippen LogP contribution < -0.4 is 10.6 Å². The van der Waals surface area contributed by atoms with Gasteiger partial charge in [-0.25, -0.2) is 0 Å². The van der Waals surface area contributed by atoms with Crippen LogP contribution in [0, 0.1) is 0 Å². The summed E-state index contributed by atoms with van der Waals surface area (Å²) in [5.41, 5.74) is 0. The molecule has 0 N–H and O–H groups in total. The van der Waals surface area contributed by atoms with Crippen molar-refractivity contribution < 1.29 is 0 Å². The van der Waals surface area contributed by atoms with Crippen LogP contribution in [0.1, 0.15) is 13.8 Å². The number of pyridine rings is 1. The van der Waals surface area contributed by atoms with Crippen LogP contribution in [0.4, 0.5) is 0 Å². The Bertz CT molecular complexity index is 279. The summed E-state index contributed by atoms with van der Waals surface area (Å²) < 4.78 is 0. The van der Waals surface area contributed by atoms with Gasteiger partial charge < -0.3 is 0 Å². The van der Waals surface area contributed by atoms with E-state index in [1.54, 1.807) is 0 Å². The second kappa shape index (κ2) is 3.16. The first-order chi connectivity index (χ1) is 4.88. The van der Waals surface area contributed by atoms with E-state index in [-0.39, 0.29) is 0 Å². The molecule has 10 heavy (non-hydrogen) atoms. The molecule has 0 aliphatic carbocycles. The van der Waals surface area contributed by atoms with E-state index in [0.29, 0.717) is 0 Å². The molecular weight excluding hydrogens is 122 g/mol. The summed E-state index contributed by atoms with van der Waals surface area (Å²) in [7, 11) is 0. The lowest BCUT2D eigenvalue weighted by molar-refractivity contribution is 1.21. The molecule has 0 unspecified atom stereocenters. The smallest absolute Gasteiger partial charge is 0.0656 e. The molecule has 0 aliphatic rings. The Balaban J connectivity index is 3.53. The minimum atomic E-state index is 1.06. The summed E-state index contributed by atoms with van der Waals surface area (Å²) in [5, 5.41) is 2.26. The van der Waals surface area contributed by atoms with Crippen molar-refractivity contribution in [1.29, 1.82) is 0 Å². The maximum atomic E-state index is 4.18. The van der Waals surface area contributed by atoms with Gasteiger partial charge in [0.15, 0.2) is 0 Å². The lowest BCUT2D eigenvalue weighted by Crippen LogP contribution is -2.26. The van der Waals surface area contributed by atoms with Gasteiger partial charge in [-0.2, -0.15) is 0 Å². The Labute approximate surface area is 60.7 Å². The molecule has 0 aliphatic heterocycles. The first-order valence-electron chi connectivity index (χ1n) is 3.42. The van der Waals surface area contributed by atoms with Crippen molar-refractivity contribution in [2.45, 2.75) is 13.8 Å². The molecule has 0 aromatic carbocycles. The lowest BCUT2D eigenvalue weighted by atomic mass is 10.3. The topological polar surface area (TPSA) is 12.9 Å². The molecule has 0 atom stereocenters. The molecule has 0 amide bonds. The van der Waals surface area contributed by atoms with Crippen LogP contribution >= 0.6 is 0 Å². The summed E-state index contributed by atoms with van der Waals surface area (Å²) in [4.78, 5) is 4.18. The number of rotatable bonds is 0. The fourth-order valence-electron chi connectivity index (χ4n) is 0.915. The first kappa shape index (κ1) is 7.00. The number of aromatic nitrogens is 1. The lowest BCUT2D eigenvalue weighted by Gasteiger charge is -1.84. The van der Waals surface area contributed by atoms with Gasteiger partial charge in [0.25, 0.3) is 0 Å². The summed E-state index contributed by atoms with van der Waals surface area (Å²) in [5.74, 6) is 0. The van der Waals surface area contributed by atoms with Gasteiger partial charge in [-0.05, 0) is 25.1 Å². The van der Waals surface area contributed by atoms with Crippen molar-refractivity contribution >= 4 is 12.2 Å². The van der Waals surface area contributed by atoms with Crippen molar-refractivity contribution in [2.24, 2.45) is 0 Å². The van der Waals surface area contributed by atoms with Gasteiger partial charge in [0.1, 0.15) is 0 Å². The summed E-state index contributed by atoms with van der Waals surface area (Å²) in [6, 6.07) is 4.00. The fourth-order valence-corrected chi connectivity index (χ4v) is 0.915. The van der Waals surface area contributed by atoms with E-state index in [9.17, 15) is 0 Å². The van der Waals surface area contributed by atoms with Crippen LogP contribution in [0.2, 0.25) is 0 Å². The molecule has 0 saturated carbocycles. The predicted molar refractivity (Wildman–Crippen MR) is 43.8 cm³/mol. The highest BCUT2D eigenvalue weighted by atomic mass is 14.6.